The summed E-state index contributed by atoms with van der Waals surface area (Å²) < 4.78 is 0. The molecule has 0 aliphatic rings. The summed E-state index contributed by atoms with van der Waals surface area (Å²) in [6, 6.07) is -14.2. The third kappa shape index (κ3) is 26.4. The summed E-state index contributed by atoms with van der Waals surface area (Å²) in [6.45, 7) is 11.0. The number of primary amides is 1. The Labute approximate surface area is 449 Å². The summed E-state index contributed by atoms with van der Waals surface area (Å²) in [5, 5.41) is 62.0. The topological polar surface area (TPSA) is 455 Å². The van der Waals surface area contributed by atoms with E-state index in [0.717, 1.165) is 0 Å². The fourth-order valence-electron chi connectivity index (χ4n) is 7.31. The fraction of sp³-hybridized carbons (Fsp3) is 0.771. The molecule has 19 N–H and O–H groups in total. The van der Waals surface area contributed by atoms with Crippen LogP contribution < -0.4 is 65.1 Å². The Hall–Kier alpha value is -5.68. The van der Waals surface area contributed by atoms with E-state index in [1.165, 1.54) is 11.8 Å². The van der Waals surface area contributed by atoms with Crippen LogP contribution in [0.15, 0.2) is 0 Å². The molecule has 0 heterocycles. The minimum atomic E-state index is -1.84. The van der Waals surface area contributed by atoms with Crippen molar-refractivity contribution in [3.63, 3.8) is 0 Å². The van der Waals surface area contributed by atoms with Crippen molar-refractivity contribution in [2.75, 3.05) is 38.4 Å². The van der Waals surface area contributed by atoms with Crippen LogP contribution in [0.2, 0.25) is 0 Å². The highest BCUT2D eigenvalue weighted by Gasteiger charge is 2.37. The van der Waals surface area contributed by atoms with Gasteiger partial charge in [-0.05, 0) is 80.7 Å². The van der Waals surface area contributed by atoms with Gasteiger partial charge in [0, 0.05) is 6.42 Å². The first-order valence-corrected chi connectivity index (χ1v) is 27.0. The Bertz CT molecular complexity index is 1910. The summed E-state index contributed by atoms with van der Waals surface area (Å²) in [6.07, 6.45) is 2.85. The molecule has 11 atom stereocenters. The molecule has 76 heavy (non-hydrogen) atoms. The smallest absolute Gasteiger partial charge is 0.326 e. The second-order valence-corrected chi connectivity index (χ2v) is 20.8. The fourth-order valence-corrected chi connectivity index (χ4v) is 7.78. The summed E-state index contributed by atoms with van der Waals surface area (Å²) >= 11 is 1.35. The van der Waals surface area contributed by atoms with Crippen LogP contribution in [0, 0.1) is 23.7 Å². The number of hydrogen-bond acceptors (Lipinski definition) is 17. The zero-order valence-corrected chi connectivity index (χ0v) is 46.2. The van der Waals surface area contributed by atoms with Crippen molar-refractivity contribution in [3.05, 3.63) is 0 Å². The van der Waals surface area contributed by atoms with Gasteiger partial charge in [-0.3, -0.25) is 47.9 Å². The minimum Gasteiger partial charge on any atom is -0.480 e. The van der Waals surface area contributed by atoms with Crippen LogP contribution in [-0.4, -0.2) is 184 Å². The van der Waals surface area contributed by atoms with Gasteiger partial charge in [-0.1, -0.05) is 68.2 Å². The van der Waals surface area contributed by atoms with Crippen LogP contribution in [0.5, 0.6) is 0 Å². The van der Waals surface area contributed by atoms with E-state index in [0.29, 0.717) is 31.6 Å². The molecule has 0 bridgehead atoms. The highest BCUT2D eigenvalue weighted by molar-refractivity contribution is 7.98. The second-order valence-electron chi connectivity index (χ2n) is 19.9. The third-order valence-corrected chi connectivity index (χ3v) is 12.7. The minimum absolute atomic E-state index is 0.0456. The number of carbonyl (C=O) groups is 11. The molecule has 0 rings (SSSR count). The lowest BCUT2D eigenvalue weighted by Crippen LogP contribution is -2.62. The number of unbranched alkanes of at least 4 members (excludes halogenated alkanes) is 1. The van der Waals surface area contributed by atoms with E-state index in [4.69, 9.17) is 17.2 Å². The van der Waals surface area contributed by atoms with Gasteiger partial charge >= 0.3 is 5.97 Å². The van der Waals surface area contributed by atoms with Crippen LogP contribution in [0.3, 0.4) is 0 Å². The lowest BCUT2D eigenvalue weighted by atomic mass is 9.97. The number of aliphatic hydroxyl groups excluding tert-OH is 3. The molecule has 0 aliphatic carbocycles. The predicted molar refractivity (Wildman–Crippen MR) is 282 cm³/mol. The van der Waals surface area contributed by atoms with E-state index in [9.17, 15) is 73.2 Å². The van der Waals surface area contributed by atoms with E-state index in [1.54, 1.807) is 61.6 Å². The van der Waals surface area contributed by atoms with Gasteiger partial charge in [-0.15, -0.1) is 0 Å². The lowest BCUT2D eigenvalue weighted by molar-refractivity contribution is -0.143. The Kier molecular flexibility index (Phi) is 34.4. The Morgan fingerprint density at radius 3 is 1.29 bits per heavy atom. The largest absolute Gasteiger partial charge is 0.480 e. The van der Waals surface area contributed by atoms with E-state index in [2.05, 4.69) is 47.9 Å². The van der Waals surface area contributed by atoms with Crippen LogP contribution in [0.1, 0.15) is 113 Å². The van der Waals surface area contributed by atoms with Gasteiger partial charge in [0.05, 0.1) is 25.9 Å². The average molecular weight is 1110 g/mol. The quantitative estimate of drug-likeness (QED) is 0.0259. The van der Waals surface area contributed by atoms with E-state index < -0.39 is 170 Å². The number of aliphatic hydroxyl groups is 3. The summed E-state index contributed by atoms with van der Waals surface area (Å²) in [4.78, 5) is 145. The molecular formula is C48H88N12O15S. The monoisotopic (exact) mass is 1100 g/mol. The molecule has 0 spiro atoms. The zero-order valence-electron chi connectivity index (χ0n) is 45.4. The Balaban J connectivity index is 6.36. The molecule has 0 aromatic heterocycles. The van der Waals surface area contributed by atoms with Gasteiger partial charge in [-0.25, -0.2) is 4.79 Å². The van der Waals surface area contributed by atoms with Crippen molar-refractivity contribution in [1.82, 2.24) is 47.9 Å². The number of thioether (sulfide) groups is 1. The van der Waals surface area contributed by atoms with Gasteiger partial charge in [0.15, 0.2) is 0 Å². The van der Waals surface area contributed by atoms with Gasteiger partial charge in [0.25, 0.3) is 0 Å². The van der Waals surface area contributed by atoms with Crippen LogP contribution in [-0.2, 0) is 52.7 Å². The molecule has 0 saturated carbocycles. The number of nitrogens with one attached hydrogen (secondary N) is 9. The van der Waals surface area contributed by atoms with Crippen molar-refractivity contribution < 1.29 is 73.2 Å². The van der Waals surface area contributed by atoms with Gasteiger partial charge < -0.3 is 85.5 Å². The van der Waals surface area contributed by atoms with Crippen molar-refractivity contribution in [3.8, 4) is 0 Å². The Morgan fingerprint density at radius 2 is 0.868 bits per heavy atom. The first-order valence-electron chi connectivity index (χ1n) is 25.6. The molecule has 0 saturated heterocycles. The SMILES string of the molecule is CC[C@H](C)[C@H](NC(=O)[C@H](CCSC)NC(=O)[C@H](CC(C)C)NC(=O)[C@H](CO)NC(=O)[C@@H](N)CCCCN)C(=O)N[C@@H](CO)C(=O)N[C@@H](CO)C(=O)N[C@@H](CCC(N)=O)C(=O)N[C@H](C(=O)N[C@@H](CC(C)C)C(=O)O)C(C)C. The Morgan fingerprint density at radius 1 is 0.487 bits per heavy atom. The zero-order chi connectivity index (χ0) is 58.4. The normalized spacial score (nSPS) is 15.7. The molecule has 27 nitrogen and oxygen atoms in total. The number of carboxylic acid groups (broad SMARTS) is 1. The molecule has 0 unspecified atom stereocenters. The molecule has 436 valence electrons. The summed E-state index contributed by atoms with van der Waals surface area (Å²) in [5.74, 6) is -11.7. The standard InChI is InChI=1S/C48H88N12O15S/c1-10-27(8)38(60-41(67)30(16-18-76-9)53-42(68)31(19-24(2)3)54-44(70)33(21-61)56-39(65)28(50)13-11-12-17-49)47(73)58-35(23-63)45(71)57-34(22-62)43(69)52-29(14-15-36(51)64)40(66)59-37(26(6)7)46(72)55-32(48(74)75)20-25(4)5/h24-35,37-38,61-63H,10-23,49-50H2,1-9H3,(H2,51,64)(H,52,69)(H,53,68)(H,54,70)(H,55,72)(H,56,65)(H,57,71)(H,58,73)(H,59,66)(H,60,67)(H,74,75)/t27-,28-,29-,30-,31-,32-,33-,34-,35-,37-,38-/m0/s1. The van der Waals surface area contributed by atoms with Crippen molar-refractivity contribution in [1.29, 1.82) is 0 Å². The molecular weight excluding hydrogens is 1020 g/mol. The number of carboxylic acids is 1. The number of nitrogens with two attached hydrogens (primary N) is 3. The average Bonchev–Trinajstić information content (AvgIpc) is 3.35. The second kappa shape index (κ2) is 37.2. The maximum atomic E-state index is 14.0. The van der Waals surface area contributed by atoms with Gasteiger partial charge in [0.1, 0.15) is 54.4 Å². The van der Waals surface area contributed by atoms with Crippen molar-refractivity contribution in [2.24, 2.45) is 40.9 Å². The summed E-state index contributed by atoms with van der Waals surface area (Å²) in [7, 11) is 0. The number of rotatable bonds is 39. The maximum Gasteiger partial charge on any atom is 0.326 e. The van der Waals surface area contributed by atoms with Crippen molar-refractivity contribution in [2.45, 2.75) is 174 Å². The van der Waals surface area contributed by atoms with Gasteiger partial charge in [-0.2, -0.15) is 11.8 Å². The molecule has 0 fully saturated rings. The highest BCUT2D eigenvalue weighted by Crippen LogP contribution is 2.13. The lowest BCUT2D eigenvalue weighted by Gasteiger charge is -2.29. The van der Waals surface area contributed by atoms with Crippen LogP contribution >= 0.6 is 11.8 Å². The maximum absolute atomic E-state index is 14.0. The summed E-state index contributed by atoms with van der Waals surface area (Å²) in [5.41, 5.74) is 16.8. The molecule has 0 radical (unpaired) electrons. The molecule has 0 aromatic rings. The van der Waals surface area contributed by atoms with Gasteiger partial charge in [0.2, 0.25) is 59.1 Å². The molecule has 10 amide bonds. The van der Waals surface area contributed by atoms with E-state index in [1.807, 2.05) is 0 Å². The highest BCUT2D eigenvalue weighted by atomic mass is 32.2. The van der Waals surface area contributed by atoms with Crippen LogP contribution in [0.25, 0.3) is 0 Å². The first-order chi connectivity index (χ1) is 35.6. The molecule has 0 aliphatic heterocycles. The number of aliphatic carboxylic acids is 1. The number of carbonyl (C=O) groups excluding carboxylic acids is 10. The number of amides is 10. The molecule has 0 aromatic carbocycles. The molecule has 28 heteroatoms. The predicted octanol–water partition coefficient (Wildman–Crippen LogP) is -4.32. The van der Waals surface area contributed by atoms with Crippen molar-refractivity contribution >= 4 is 76.8 Å². The van der Waals surface area contributed by atoms with Crippen LogP contribution in [0.4, 0.5) is 0 Å². The third-order valence-electron chi connectivity index (χ3n) is 12.0. The number of hydrogen-bond donors (Lipinski definition) is 16. The van der Waals surface area contributed by atoms with E-state index in [-0.39, 0.29) is 37.5 Å². The van der Waals surface area contributed by atoms with E-state index >= 15 is 0 Å². The first kappa shape index (κ1) is 70.3.